The van der Waals surface area contributed by atoms with Crippen LogP contribution in [0.2, 0.25) is 0 Å². The summed E-state index contributed by atoms with van der Waals surface area (Å²) in [4.78, 5) is 0. The Morgan fingerprint density at radius 3 is 1.57 bits per heavy atom. The van der Waals surface area contributed by atoms with E-state index in [2.05, 4.69) is 34.6 Å². The Hall–Kier alpha value is 0. The fraction of sp³-hybridized carbons (Fsp3) is 1.00. The van der Waals surface area contributed by atoms with Gasteiger partial charge in [0.15, 0.2) is 0 Å². The molecule has 0 heterocycles. The van der Waals surface area contributed by atoms with Crippen LogP contribution in [0, 0.1) is 17.8 Å². The second-order valence-electron chi connectivity index (χ2n) is 5.75. The molecule has 86 valence electrons. The third kappa shape index (κ3) is 10.1. The molecule has 0 aromatic rings. The molecule has 0 aliphatic heterocycles. The summed E-state index contributed by atoms with van der Waals surface area (Å²) >= 11 is 0. The third-order valence-electron chi connectivity index (χ3n) is 2.97. The Morgan fingerprint density at radius 1 is 0.571 bits per heavy atom. The molecule has 0 aromatic carbocycles. The summed E-state index contributed by atoms with van der Waals surface area (Å²) in [6, 6.07) is 0. The third-order valence-corrected chi connectivity index (χ3v) is 2.97. The second kappa shape index (κ2) is 8.32. The van der Waals surface area contributed by atoms with Gasteiger partial charge in [-0.05, 0) is 17.8 Å². The van der Waals surface area contributed by atoms with Gasteiger partial charge in [-0.2, -0.15) is 0 Å². The van der Waals surface area contributed by atoms with E-state index < -0.39 is 0 Å². The van der Waals surface area contributed by atoms with Crippen LogP contribution in [-0.2, 0) is 0 Å². The predicted molar refractivity (Wildman–Crippen MR) is 66.5 cm³/mol. The molecule has 1 atom stereocenters. The highest BCUT2D eigenvalue weighted by Gasteiger charge is 2.03. The van der Waals surface area contributed by atoms with Crippen molar-refractivity contribution in [3.63, 3.8) is 0 Å². The van der Waals surface area contributed by atoms with Gasteiger partial charge in [0.1, 0.15) is 0 Å². The van der Waals surface area contributed by atoms with Gasteiger partial charge in [0.2, 0.25) is 0 Å². The van der Waals surface area contributed by atoms with E-state index >= 15 is 0 Å². The molecule has 0 heteroatoms. The lowest BCUT2D eigenvalue weighted by Gasteiger charge is -2.13. The molecule has 0 spiro atoms. The summed E-state index contributed by atoms with van der Waals surface area (Å²) in [7, 11) is 0. The van der Waals surface area contributed by atoms with Crippen molar-refractivity contribution < 1.29 is 0 Å². The van der Waals surface area contributed by atoms with Gasteiger partial charge in [-0.15, -0.1) is 0 Å². The molecule has 0 amide bonds. The summed E-state index contributed by atoms with van der Waals surface area (Å²) in [6.07, 6.45) is 8.57. The first-order chi connectivity index (χ1) is 6.52. The Bertz CT molecular complexity index is 113. The number of rotatable bonds is 8. The summed E-state index contributed by atoms with van der Waals surface area (Å²) in [5.41, 5.74) is 0. The molecule has 0 aromatic heterocycles. The molecule has 0 bridgehead atoms. The number of unbranched alkanes of at least 4 members (excludes halogenated alkanes) is 1. The maximum atomic E-state index is 2.41. The van der Waals surface area contributed by atoms with Crippen molar-refractivity contribution in [3.8, 4) is 0 Å². The summed E-state index contributed by atoms with van der Waals surface area (Å²) in [5.74, 6) is 2.72. The SMILES string of the molecule is CC(C)CCCCC(C)CCC(C)C. The molecular weight excluding hydrogens is 168 g/mol. The molecule has 0 saturated carbocycles. The zero-order valence-corrected chi connectivity index (χ0v) is 11.0. The fourth-order valence-corrected chi connectivity index (χ4v) is 1.81. The lowest BCUT2D eigenvalue weighted by molar-refractivity contribution is 0.404. The lowest BCUT2D eigenvalue weighted by Crippen LogP contribution is -1.98. The number of hydrogen-bond acceptors (Lipinski definition) is 0. The van der Waals surface area contributed by atoms with Crippen molar-refractivity contribution in [2.75, 3.05) is 0 Å². The Labute approximate surface area is 91.5 Å². The van der Waals surface area contributed by atoms with E-state index in [0.29, 0.717) is 0 Å². The van der Waals surface area contributed by atoms with Gasteiger partial charge in [-0.1, -0.05) is 73.1 Å². The van der Waals surface area contributed by atoms with Crippen molar-refractivity contribution in [2.45, 2.75) is 73.1 Å². The minimum Gasteiger partial charge on any atom is -0.0628 e. The van der Waals surface area contributed by atoms with Crippen LogP contribution in [0.4, 0.5) is 0 Å². The molecule has 0 rings (SSSR count). The normalized spacial score (nSPS) is 13.9. The largest absolute Gasteiger partial charge is 0.0628 e. The van der Waals surface area contributed by atoms with Crippen LogP contribution in [-0.4, -0.2) is 0 Å². The topological polar surface area (TPSA) is 0 Å². The van der Waals surface area contributed by atoms with Crippen molar-refractivity contribution in [2.24, 2.45) is 17.8 Å². The molecule has 0 radical (unpaired) electrons. The quantitative estimate of drug-likeness (QED) is 0.466. The molecule has 0 saturated heterocycles. The highest BCUT2D eigenvalue weighted by Crippen LogP contribution is 2.18. The van der Waals surface area contributed by atoms with Crippen molar-refractivity contribution >= 4 is 0 Å². The van der Waals surface area contributed by atoms with Crippen LogP contribution >= 0.6 is 0 Å². The van der Waals surface area contributed by atoms with Crippen LogP contribution in [0.25, 0.3) is 0 Å². The van der Waals surface area contributed by atoms with Gasteiger partial charge in [0.25, 0.3) is 0 Å². The Kier molecular flexibility index (Phi) is 8.32. The second-order valence-corrected chi connectivity index (χ2v) is 5.75. The standard InChI is InChI=1S/C14H30/c1-12(2)8-6-7-9-14(5)11-10-13(3)4/h12-14H,6-11H2,1-5H3. The molecule has 0 aliphatic carbocycles. The molecule has 0 N–H and O–H groups in total. The zero-order chi connectivity index (χ0) is 11.0. The van der Waals surface area contributed by atoms with E-state index in [-0.39, 0.29) is 0 Å². The van der Waals surface area contributed by atoms with E-state index in [0.717, 1.165) is 17.8 Å². The summed E-state index contributed by atoms with van der Waals surface area (Å²) < 4.78 is 0. The van der Waals surface area contributed by atoms with E-state index in [1.54, 1.807) is 0 Å². The molecule has 0 nitrogen and oxygen atoms in total. The minimum atomic E-state index is 0.883. The fourth-order valence-electron chi connectivity index (χ4n) is 1.81. The predicted octanol–water partition coefficient (Wildman–Crippen LogP) is 5.28. The molecule has 1 unspecified atom stereocenters. The summed E-state index contributed by atoms with van der Waals surface area (Å²) in [5, 5.41) is 0. The first kappa shape index (κ1) is 14.0. The maximum Gasteiger partial charge on any atom is -0.0443 e. The van der Waals surface area contributed by atoms with Crippen LogP contribution in [0.1, 0.15) is 73.1 Å². The van der Waals surface area contributed by atoms with Crippen molar-refractivity contribution in [1.29, 1.82) is 0 Å². The Morgan fingerprint density at radius 2 is 1.07 bits per heavy atom. The first-order valence-electron chi connectivity index (χ1n) is 6.52. The highest BCUT2D eigenvalue weighted by molar-refractivity contribution is 4.56. The van der Waals surface area contributed by atoms with Gasteiger partial charge in [-0.25, -0.2) is 0 Å². The summed E-state index contributed by atoms with van der Waals surface area (Å²) in [6.45, 7) is 11.7. The van der Waals surface area contributed by atoms with Crippen LogP contribution in [0.15, 0.2) is 0 Å². The monoisotopic (exact) mass is 198 g/mol. The van der Waals surface area contributed by atoms with Crippen molar-refractivity contribution in [3.05, 3.63) is 0 Å². The highest BCUT2D eigenvalue weighted by atomic mass is 14.1. The average molecular weight is 198 g/mol. The Balaban J connectivity index is 3.22. The van der Waals surface area contributed by atoms with E-state index in [1.165, 1.54) is 38.5 Å². The molecule has 14 heavy (non-hydrogen) atoms. The van der Waals surface area contributed by atoms with Crippen molar-refractivity contribution in [1.82, 2.24) is 0 Å². The van der Waals surface area contributed by atoms with Gasteiger partial charge >= 0.3 is 0 Å². The average Bonchev–Trinajstić information content (AvgIpc) is 2.08. The number of hydrogen-bond donors (Lipinski definition) is 0. The molecule has 0 aliphatic rings. The van der Waals surface area contributed by atoms with Gasteiger partial charge in [0, 0.05) is 0 Å². The van der Waals surface area contributed by atoms with Crippen LogP contribution in [0.5, 0.6) is 0 Å². The minimum absolute atomic E-state index is 0.883. The zero-order valence-electron chi connectivity index (χ0n) is 11.0. The maximum absolute atomic E-state index is 2.41. The van der Waals surface area contributed by atoms with E-state index in [9.17, 15) is 0 Å². The van der Waals surface area contributed by atoms with Gasteiger partial charge in [0.05, 0.1) is 0 Å². The van der Waals surface area contributed by atoms with Crippen LogP contribution < -0.4 is 0 Å². The van der Waals surface area contributed by atoms with Gasteiger partial charge < -0.3 is 0 Å². The molecule has 0 fully saturated rings. The molecular formula is C14H30. The van der Waals surface area contributed by atoms with E-state index in [4.69, 9.17) is 0 Å². The lowest BCUT2D eigenvalue weighted by atomic mass is 9.94. The van der Waals surface area contributed by atoms with Gasteiger partial charge in [-0.3, -0.25) is 0 Å². The van der Waals surface area contributed by atoms with Crippen LogP contribution in [0.3, 0.4) is 0 Å². The van der Waals surface area contributed by atoms with E-state index in [1.807, 2.05) is 0 Å². The first-order valence-corrected chi connectivity index (χ1v) is 6.52. The smallest absolute Gasteiger partial charge is 0.0443 e.